The number of thiophene rings is 1. The largest absolute Gasteiger partial charge is 0.252 e. The molecule has 17 heavy (non-hydrogen) atoms. The molecule has 0 saturated heterocycles. The van der Waals surface area contributed by atoms with Gasteiger partial charge in [0.15, 0.2) is 0 Å². The Morgan fingerprint density at radius 3 is 2.76 bits per heavy atom. The van der Waals surface area contributed by atoms with Gasteiger partial charge >= 0.3 is 0 Å². The number of thiazole rings is 1. The number of aromatic nitrogens is 1. The van der Waals surface area contributed by atoms with Gasteiger partial charge in [0.05, 0.1) is 5.01 Å². The summed E-state index contributed by atoms with van der Waals surface area (Å²) in [6.07, 6.45) is 2.38. The highest BCUT2D eigenvalue weighted by atomic mass is 32.2. The quantitative estimate of drug-likeness (QED) is 0.846. The lowest BCUT2D eigenvalue weighted by Gasteiger charge is -2.14. The standard InChI is InChI=1S/C10H12N2O2S3/c1-12(6-4-9-11-5-8-15-9)17(13,14)10-3-2-7-16-10/h2-3,5,7-8H,4,6H2,1H3. The van der Waals surface area contributed by atoms with Crippen molar-refractivity contribution in [2.24, 2.45) is 0 Å². The van der Waals surface area contributed by atoms with Crippen LogP contribution in [0, 0.1) is 0 Å². The number of rotatable bonds is 5. The van der Waals surface area contributed by atoms with E-state index in [4.69, 9.17) is 0 Å². The molecule has 2 rings (SSSR count). The Morgan fingerprint density at radius 2 is 2.18 bits per heavy atom. The second-order valence-electron chi connectivity index (χ2n) is 3.43. The van der Waals surface area contributed by atoms with Crippen LogP contribution in [0.1, 0.15) is 5.01 Å². The van der Waals surface area contributed by atoms with E-state index in [2.05, 4.69) is 4.98 Å². The van der Waals surface area contributed by atoms with Crippen LogP contribution in [0.3, 0.4) is 0 Å². The summed E-state index contributed by atoms with van der Waals surface area (Å²) in [5, 5.41) is 4.61. The molecule has 7 heteroatoms. The topological polar surface area (TPSA) is 50.3 Å². The predicted molar refractivity (Wildman–Crippen MR) is 70.0 cm³/mol. The first kappa shape index (κ1) is 12.7. The summed E-state index contributed by atoms with van der Waals surface area (Å²) in [7, 11) is -1.72. The minimum Gasteiger partial charge on any atom is -0.250 e. The summed E-state index contributed by atoms with van der Waals surface area (Å²) in [6, 6.07) is 3.37. The monoisotopic (exact) mass is 288 g/mol. The van der Waals surface area contributed by atoms with Crippen LogP contribution >= 0.6 is 22.7 Å². The summed E-state index contributed by atoms with van der Waals surface area (Å²) in [5.74, 6) is 0. The highest BCUT2D eigenvalue weighted by Crippen LogP contribution is 2.20. The van der Waals surface area contributed by atoms with Gasteiger partial charge in [0, 0.05) is 31.6 Å². The third kappa shape index (κ3) is 2.92. The molecule has 4 nitrogen and oxygen atoms in total. The Bertz CT molecular complexity index is 546. The SMILES string of the molecule is CN(CCc1nccs1)S(=O)(=O)c1cccs1. The molecule has 0 bridgehead atoms. The Labute approximate surface area is 109 Å². The van der Waals surface area contributed by atoms with Crippen molar-refractivity contribution in [1.82, 2.24) is 9.29 Å². The van der Waals surface area contributed by atoms with E-state index in [9.17, 15) is 8.42 Å². The van der Waals surface area contributed by atoms with E-state index in [0.717, 1.165) is 5.01 Å². The number of hydrogen-bond donors (Lipinski definition) is 0. The van der Waals surface area contributed by atoms with E-state index >= 15 is 0 Å². The van der Waals surface area contributed by atoms with Gasteiger partial charge < -0.3 is 0 Å². The van der Waals surface area contributed by atoms with Gasteiger partial charge in [0.1, 0.15) is 4.21 Å². The average Bonchev–Trinajstić information content (AvgIpc) is 2.98. The molecule has 0 saturated carbocycles. The van der Waals surface area contributed by atoms with Crippen molar-refractivity contribution >= 4 is 32.7 Å². The van der Waals surface area contributed by atoms with Crippen molar-refractivity contribution < 1.29 is 8.42 Å². The van der Waals surface area contributed by atoms with Crippen LogP contribution in [-0.4, -0.2) is 31.3 Å². The van der Waals surface area contributed by atoms with Crippen molar-refractivity contribution in [3.05, 3.63) is 34.1 Å². The highest BCUT2D eigenvalue weighted by Gasteiger charge is 2.21. The minimum atomic E-state index is -3.32. The van der Waals surface area contributed by atoms with Gasteiger partial charge in [0.25, 0.3) is 10.0 Å². The molecule has 0 amide bonds. The summed E-state index contributed by atoms with van der Waals surface area (Å²) in [4.78, 5) is 4.13. The lowest BCUT2D eigenvalue weighted by molar-refractivity contribution is 0.474. The molecule has 0 spiro atoms. The number of hydrogen-bond acceptors (Lipinski definition) is 5. The zero-order chi connectivity index (χ0) is 12.3. The normalized spacial score (nSPS) is 12.1. The first-order valence-corrected chi connectivity index (χ1v) is 8.19. The third-order valence-corrected chi connectivity index (χ3v) is 6.35. The fraction of sp³-hybridized carbons (Fsp3) is 0.300. The van der Waals surface area contributed by atoms with Crippen molar-refractivity contribution in [1.29, 1.82) is 0 Å². The fourth-order valence-electron chi connectivity index (χ4n) is 1.31. The Morgan fingerprint density at radius 1 is 1.35 bits per heavy atom. The lowest BCUT2D eigenvalue weighted by Crippen LogP contribution is -2.28. The van der Waals surface area contributed by atoms with E-state index in [1.54, 1.807) is 42.1 Å². The molecule has 2 aromatic heterocycles. The zero-order valence-electron chi connectivity index (χ0n) is 9.24. The Hall–Kier alpha value is -0.760. The second kappa shape index (κ2) is 5.26. The first-order valence-electron chi connectivity index (χ1n) is 4.99. The summed E-state index contributed by atoms with van der Waals surface area (Å²) in [6.45, 7) is 0.452. The molecule has 0 radical (unpaired) electrons. The fourth-order valence-corrected chi connectivity index (χ4v) is 4.30. The van der Waals surface area contributed by atoms with E-state index in [1.807, 2.05) is 5.38 Å². The first-order chi connectivity index (χ1) is 8.10. The molecule has 0 aliphatic heterocycles. The molecule has 0 aromatic carbocycles. The van der Waals surface area contributed by atoms with Gasteiger partial charge in [-0.2, -0.15) is 4.31 Å². The van der Waals surface area contributed by atoms with Crippen LogP contribution in [0.5, 0.6) is 0 Å². The van der Waals surface area contributed by atoms with Crippen LogP contribution in [0.2, 0.25) is 0 Å². The zero-order valence-corrected chi connectivity index (χ0v) is 11.7. The maximum atomic E-state index is 12.1. The summed E-state index contributed by atoms with van der Waals surface area (Å²) < 4.78 is 25.9. The van der Waals surface area contributed by atoms with E-state index in [1.165, 1.54) is 15.6 Å². The third-order valence-electron chi connectivity index (χ3n) is 2.28. The van der Waals surface area contributed by atoms with Gasteiger partial charge in [-0.25, -0.2) is 13.4 Å². The van der Waals surface area contributed by atoms with Crippen molar-refractivity contribution in [2.75, 3.05) is 13.6 Å². The van der Waals surface area contributed by atoms with Crippen molar-refractivity contribution in [2.45, 2.75) is 10.6 Å². The van der Waals surface area contributed by atoms with Gasteiger partial charge in [-0.1, -0.05) is 6.07 Å². The Balaban J connectivity index is 2.03. The number of sulfonamides is 1. The maximum Gasteiger partial charge on any atom is 0.252 e. The molecule has 0 aliphatic rings. The van der Waals surface area contributed by atoms with Crippen LogP contribution in [0.4, 0.5) is 0 Å². The van der Waals surface area contributed by atoms with Crippen molar-refractivity contribution in [3.8, 4) is 0 Å². The van der Waals surface area contributed by atoms with Gasteiger partial charge in [-0.15, -0.1) is 22.7 Å². The summed E-state index contributed by atoms with van der Waals surface area (Å²) in [5.41, 5.74) is 0. The smallest absolute Gasteiger partial charge is 0.250 e. The van der Waals surface area contributed by atoms with E-state index in [0.29, 0.717) is 17.2 Å². The highest BCUT2D eigenvalue weighted by molar-refractivity contribution is 7.91. The molecule has 2 aromatic rings. The van der Waals surface area contributed by atoms with Gasteiger partial charge in [0.2, 0.25) is 0 Å². The van der Waals surface area contributed by atoms with Crippen LogP contribution in [0.15, 0.2) is 33.3 Å². The lowest BCUT2D eigenvalue weighted by atomic mass is 10.4. The molecule has 0 atom stereocenters. The van der Waals surface area contributed by atoms with Gasteiger partial charge in [-0.05, 0) is 11.4 Å². The van der Waals surface area contributed by atoms with Gasteiger partial charge in [-0.3, -0.25) is 0 Å². The van der Waals surface area contributed by atoms with E-state index < -0.39 is 10.0 Å². The second-order valence-corrected chi connectivity index (χ2v) is 7.63. The molecular weight excluding hydrogens is 276 g/mol. The van der Waals surface area contributed by atoms with Crippen LogP contribution < -0.4 is 0 Å². The number of nitrogens with zero attached hydrogens (tertiary/aromatic N) is 2. The average molecular weight is 288 g/mol. The van der Waals surface area contributed by atoms with E-state index in [-0.39, 0.29) is 0 Å². The molecule has 92 valence electrons. The predicted octanol–water partition coefficient (Wildman–Crippen LogP) is 2.07. The van der Waals surface area contributed by atoms with Crippen molar-refractivity contribution in [3.63, 3.8) is 0 Å². The molecule has 0 aliphatic carbocycles. The summed E-state index contributed by atoms with van der Waals surface area (Å²) >= 11 is 2.78. The molecule has 0 N–H and O–H groups in total. The molecule has 0 fully saturated rings. The Kier molecular flexibility index (Phi) is 3.93. The van der Waals surface area contributed by atoms with Crippen LogP contribution in [-0.2, 0) is 16.4 Å². The van der Waals surface area contributed by atoms with Crippen LogP contribution in [0.25, 0.3) is 0 Å². The maximum absolute atomic E-state index is 12.1. The number of likely N-dealkylation sites (N-methyl/N-ethyl adjacent to an activating group) is 1. The minimum absolute atomic E-state index is 0.388. The molecule has 0 unspecified atom stereocenters. The molecular formula is C10H12N2O2S3. The molecule has 2 heterocycles.